The van der Waals surface area contributed by atoms with E-state index in [2.05, 4.69) is 10.2 Å². The normalized spacial score (nSPS) is 20.5. The standard InChI is InChI=1S/C14H20N4O4.C2HF3O2/c1-16-5-3-4-10(14(16)21)18-7-9(8-18)15-13(20)11-6-12(19)17(2)22-11;3-2(4,5)1(6)7/h6,9-10H,3-5,7-8H2,1-2H3,(H,15,20);(H,6,7). The predicted octanol–water partition coefficient (Wildman–Crippen LogP) is -0.354. The molecule has 1 aromatic rings. The zero-order valence-corrected chi connectivity index (χ0v) is 15.7. The smallest absolute Gasteiger partial charge is 0.475 e. The first kappa shape index (κ1) is 22.5. The summed E-state index contributed by atoms with van der Waals surface area (Å²) in [7, 11) is 3.28. The highest BCUT2D eigenvalue weighted by Crippen LogP contribution is 2.21. The fourth-order valence-electron chi connectivity index (χ4n) is 2.99. The van der Waals surface area contributed by atoms with Gasteiger partial charge in [0, 0.05) is 33.7 Å². The molecule has 1 aromatic heterocycles. The lowest BCUT2D eigenvalue weighted by Crippen LogP contribution is -2.65. The quantitative estimate of drug-likeness (QED) is 0.682. The number of alkyl halides is 3. The largest absolute Gasteiger partial charge is 0.490 e. The van der Waals surface area contributed by atoms with E-state index in [0.29, 0.717) is 13.1 Å². The van der Waals surface area contributed by atoms with E-state index < -0.39 is 18.1 Å². The van der Waals surface area contributed by atoms with Crippen LogP contribution in [-0.2, 0) is 16.6 Å². The second-order valence-corrected chi connectivity index (χ2v) is 6.78. The van der Waals surface area contributed by atoms with E-state index in [1.807, 2.05) is 7.05 Å². The SMILES string of the molecule is CN1CCCC(N2CC(NC(=O)c3cc(=O)n(C)o3)C2)C1=O.O=C(O)C(F)(F)F. The van der Waals surface area contributed by atoms with E-state index in [9.17, 15) is 27.6 Å². The van der Waals surface area contributed by atoms with Crippen molar-refractivity contribution in [1.82, 2.24) is 19.9 Å². The summed E-state index contributed by atoms with van der Waals surface area (Å²) in [5, 5.41) is 9.94. The maximum absolute atomic E-state index is 12.1. The first-order valence-electron chi connectivity index (χ1n) is 8.67. The van der Waals surface area contributed by atoms with Gasteiger partial charge in [0.2, 0.25) is 11.7 Å². The summed E-state index contributed by atoms with van der Waals surface area (Å²) in [4.78, 5) is 48.1. The number of hydrogen-bond acceptors (Lipinski definition) is 6. The zero-order chi connectivity index (χ0) is 21.9. The lowest BCUT2D eigenvalue weighted by molar-refractivity contribution is -0.192. The molecule has 1 unspecified atom stereocenters. The molecular formula is C16H21F3N4O6. The third-order valence-corrected chi connectivity index (χ3v) is 4.58. The molecule has 2 amide bonds. The van der Waals surface area contributed by atoms with Gasteiger partial charge < -0.3 is 19.8 Å². The highest BCUT2D eigenvalue weighted by Gasteiger charge is 2.39. The van der Waals surface area contributed by atoms with Crippen LogP contribution >= 0.6 is 0 Å². The molecule has 0 spiro atoms. The molecule has 1 atom stereocenters. The van der Waals surface area contributed by atoms with Gasteiger partial charge >= 0.3 is 12.1 Å². The Bertz CT molecular complexity index is 827. The van der Waals surface area contributed by atoms with Crippen LogP contribution in [0.1, 0.15) is 23.4 Å². The van der Waals surface area contributed by atoms with Crippen molar-refractivity contribution in [2.24, 2.45) is 7.05 Å². The number of likely N-dealkylation sites (N-methyl/N-ethyl adjacent to an activating group) is 1. The first-order valence-corrected chi connectivity index (χ1v) is 8.67. The average molecular weight is 422 g/mol. The molecule has 10 nitrogen and oxygen atoms in total. The number of carbonyl (C=O) groups excluding carboxylic acids is 2. The third kappa shape index (κ3) is 5.59. The molecule has 3 heterocycles. The Morgan fingerprint density at radius 2 is 1.83 bits per heavy atom. The van der Waals surface area contributed by atoms with Crippen LogP contribution in [0.3, 0.4) is 0 Å². The van der Waals surface area contributed by atoms with Gasteiger partial charge in [0.25, 0.3) is 11.5 Å². The number of hydrogen-bond donors (Lipinski definition) is 2. The minimum atomic E-state index is -5.08. The van der Waals surface area contributed by atoms with Crippen LogP contribution in [0.15, 0.2) is 15.4 Å². The molecule has 0 saturated carbocycles. The average Bonchev–Trinajstić information content (AvgIpc) is 2.92. The topological polar surface area (TPSA) is 125 Å². The van der Waals surface area contributed by atoms with E-state index in [1.54, 1.807) is 4.90 Å². The molecule has 3 rings (SSSR count). The summed E-state index contributed by atoms with van der Waals surface area (Å²) >= 11 is 0. The van der Waals surface area contributed by atoms with Gasteiger partial charge in [0.15, 0.2) is 0 Å². The van der Waals surface area contributed by atoms with Crippen LogP contribution in [0.5, 0.6) is 0 Å². The molecule has 0 bridgehead atoms. The molecular weight excluding hydrogens is 401 g/mol. The monoisotopic (exact) mass is 422 g/mol. The third-order valence-electron chi connectivity index (χ3n) is 4.58. The number of carboxylic acid groups (broad SMARTS) is 1. The van der Waals surface area contributed by atoms with Crippen LogP contribution in [0, 0.1) is 0 Å². The van der Waals surface area contributed by atoms with Crippen LogP contribution in [0.4, 0.5) is 13.2 Å². The predicted molar refractivity (Wildman–Crippen MR) is 91.1 cm³/mol. The summed E-state index contributed by atoms with van der Waals surface area (Å²) < 4.78 is 37.8. The number of amides is 2. The Hall–Kier alpha value is -2.83. The Morgan fingerprint density at radius 1 is 1.24 bits per heavy atom. The molecule has 0 radical (unpaired) electrons. The van der Waals surface area contributed by atoms with Gasteiger partial charge in [-0.2, -0.15) is 17.9 Å². The Balaban J connectivity index is 0.000000370. The number of halogens is 3. The van der Waals surface area contributed by atoms with Crippen molar-refractivity contribution < 1.29 is 37.2 Å². The van der Waals surface area contributed by atoms with Gasteiger partial charge in [-0.1, -0.05) is 0 Å². The summed E-state index contributed by atoms with van der Waals surface area (Å²) in [6.45, 7) is 2.11. The van der Waals surface area contributed by atoms with E-state index >= 15 is 0 Å². The van der Waals surface area contributed by atoms with Crippen LogP contribution in [0.2, 0.25) is 0 Å². The Morgan fingerprint density at radius 3 is 2.31 bits per heavy atom. The second kappa shape index (κ2) is 8.68. The Kier molecular flexibility index (Phi) is 6.72. The number of aryl methyl sites for hydroxylation is 1. The van der Waals surface area contributed by atoms with Crippen molar-refractivity contribution in [2.45, 2.75) is 31.1 Å². The van der Waals surface area contributed by atoms with E-state index in [4.69, 9.17) is 14.4 Å². The van der Waals surface area contributed by atoms with Crippen LogP contribution < -0.4 is 10.9 Å². The summed E-state index contributed by atoms with van der Waals surface area (Å²) in [5.74, 6) is -2.98. The molecule has 2 saturated heterocycles. The number of nitrogens with one attached hydrogen (secondary N) is 1. The number of piperidine rings is 1. The van der Waals surface area contributed by atoms with E-state index in [0.717, 1.165) is 24.1 Å². The first-order chi connectivity index (χ1) is 13.4. The molecule has 0 aromatic carbocycles. The van der Waals surface area contributed by atoms with Gasteiger partial charge in [-0.05, 0) is 12.8 Å². The van der Waals surface area contributed by atoms with Gasteiger partial charge in [0.1, 0.15) is 0 Å². The van der Waals surface area contributed by atoms with Crippen molar-refractivity contribution in [3.63, 3.8) is 0 Å². The van der Waals surface area contributed by atoms with E-state index in [-0.39, 0.29) is 29.3 Å². The molecule has 2 fully saturated rings. The number of carboxylic acids is 1. The number of aromatic nitrogens is 1. The fourth-order valence-corrected chi connectivity index (χ4v) is 2.99. The van der Waals surface area contributed by atoms with Crippen molar-refractivity contribution in [2.75, 3.05) is 26.7 Å². The number of rotatable bonds is 3. The number of nitrogens with zero attached hydrogens (tertiary/aromatic N) is 3. The fraction of sp³-hybridized carbons (Fsp3) is 0.625. The van der Waals surface area contributed by atoms with Crippen molar-refractivity contribution >= 4 is 17.8 Å². The van der Waals surface area contributed by atoms with Gasteiger partial charge in [-0.15, -0.1) is 0 Å². The molecule has 2 aliphatic heterocycles. The minimum Gasteiger partial charge on any atom is -0.475 e. The summed E-state index contributed by atoms with van der Waals surface area (Å²) in [6, 6.07) is 1.09. The molecule has 2 aliphatic rings. The minimum absolute atomic E-state index is 0.0134. The maximum atomic E-state index is 12.1. The second-order valence-electron chi connectivity index (χ2n) is 6.78. The van der Waals surface area contributed by atoms with Crippen molar-refractivity contribution in [1.29, 1.82) is 0 Å². The molecule has 29 heavy (non-hydrogen) atoms. The molecule has 13 heteroatoms. The van der Waals surface area contributed by atoms with Gasteiger partial charge in [-0.25, -0.2) is 4.79 Å². The number of aliphatic carboxylic acids is 1. The van der Waals surface area contributed by atoms with Crippen molar-refractivity contribution in [3.05, 3.63) is 22.2 Å². The molecule has 0 aliphatic carbocycles. The van der Waals surface area contributed by atoms with Gasteiger partial charge in [-0.3, -0.25) is 19.3 Å². The lowest BCUT2D eigenvalue weighted by atomic mass is 9.98. The summed E-state index contributed by atoms with van der Waals surface area (Å²) in [5.41, 5.74) is -0.351. The van der Waals surface area contributed by atoms with Crippen LogP contribution in [0.25, 0.3) is 0 Å². The lowest BCUT2D eigenvalue weighted by Gasteiger charge is -2.46. The maximum Gasteiger partial charge on any atom is 0.490 e. The highest BCUT2D eigenvalue weighted by molar-refractivity contribution is 5.91. The van der Waals surface area contributed by atoms with Crippen LogP contribution in [-0.4, -0.2) is 82.4 Å². The Labute approximate surface area is 162 Å². The van der Waals surface area contributed by atoms with E-state index in [1.165, 1.54) is 13.1 Å². The number of likely N-dealkylation sites (tertiary alicyclic amines) is 2. The van der Waals surface area contributed by atoms with Gasteiger partial charge in [0.05, 0.1) is 18.2 Å². The molecule has 162 valence electrons. The summed E-state index contributed by atoms with van der Waals surface area (Å²) in [6.07, 6.45) is -3.20. The molecule has 2 N–H and O–H groups in total. The number of carbonyl (C=O) groups is 3. The zero-order valence-electron chi connectivity index (χ0n) is 15.7. The van der Waals surface area contributed by atoms with Crippen molar-refractivity contribution in [3.8, 4) is 0 Å². The highest BCUT2D eigenvalue weighted by atomic mass is 19.4.